The first-order chi connectivity index (χ1) is 8.19. The summed E-state index contributed by atoms with van der Waals surface area (Å²) in [6.07, 6.45) is 3.01. The van der Waals surface area contributed by atoms with Crippen LogP contribution in [0.2, 0.25) is 0 Å². The first-order valence-corrected chi connectivity index (χ1v) is 5.71. The minimum absolute atomic E-state index is 0.135. The number of carbonyl (C=O) groups is 1. The molecule has 2 rings (SSSR count). The molecule has 1 aromatic rings. The van der Waals surface area contributed by atoms with Crippen molar-refractivity contribution in [2.24, 2.45) is 0 Å². The summed E-state index contributed by atoms with van der Waals surface area (Å²) in [5.41, 5.74) is 1.17. The lowest BCUT2D eigenvalue weighted by atomic mass is 10.2. The molecule has 2 heterocycles. The van der Waals surface area contributed by atoms with Gasteiger partial charge in [-0.25, -0.2) is 0 Å². The molecule has 5 nitrogen and oxygen atoms in total. The molecule has 1 aliphatic heterocycles. The van der Waals surface area contributed by atoms with Crippen molar-refractivity contribution < 1.29 is 14.6 Å². The number of nitrogens with one attached hydrogen (secondary N) is 1. The van der Waals surface area contributed by atoms with Crippen molar-refractivity contribution in [2.75, 3.05) is 5.32 Å². The van der Waals surface area contributed by atoms with Crippen molar-refractivity contribution >= 4 is 11.6 Å². The highest BCUT2D eigenvalue weighted by molar-refractivity contribution is 5.94. The molecular weight excluding hydrogens is 220 g/mol. The zero-order chi connectivity index (χ0) is 12.3. The Bertz CT molecular complexity index is 408. The molecule has 0 bridgehead atoms. The largest absolute Gasteiger partial charge is 0.390 e. The normalized spacial score (nSPS) is 23.6. The summed E-state index contributed by atoms with van der Waals surface area (Å²) in [6.45, 7) is 1.82. The Hall–Kier alpha value is -1.46. The van der Waals surface area contributed by atoms with Crippen molar-refractivity contribution in [1.29, 1.82) is 0 Å². The molecule has 17 heavy (non-hydrogen) atoms. The molecular formula is C12H16N2O3. The van der Waals surface area contributed by atoms with Gasteiger partial charge in [0.1, 0.15) is 6.10 Å². The average molecular weight is 236 g/mol. The third kappa shape index (κ3) is 3.01. The van der Waals surface area contributed by atoms with Crippen molar-refractivity contribution in [3.8, 4) is 0 Å². The lowest BCUT2D eigenvalue weighted by Crippen LogP contribution is -2.27. The van der Waals surface area contributed by atoms with E-state index in [0.717, 1.165) is 12.8 Å². The molecule has 1 amide bonds. The number of pyridine rings is 1. The van der Waals surface area contributed by atoms with Crippen LogP contribution in [-0.4, -0.2) is 28.2 Å². The smallest absolute Gasteiger partial charge is 0.253 e. The molecule has 1 aromatic heterocycles. The van der Waals surface area contributed by atoms with Gasteiger partial charge in [0, 0.05) is 11.9 Å². The van der Waals surface area contributed by atoms with E-state index in [1.165, 1.54) is 0 Å². The summed E-state index contributed by atoms with van der Waals surface area (Å²) in [4.78, 5) is 15.8. The Balaban J connectivity index is 1.98. The molecule has 92 valence electrons. The van der Waals surface area contributed by atoms with Gasteiger partial charge in [-0.2, -0.15) is 0 Å². The van der Waals surface area contributed by atoms with Gasteiger partial charge in [-0.3, -0.25) is 9.78 Å². The van der Waals surface area contributed by atoms with Crippen LogP contribution in [0.4, 0.5) is 5.69 Å². The number of carbonyl (C=O) groups excluding carboxylic acids is 1. The van der Waals surface area contributed by atoms with Crippen molar-refractivity contribution in [3.05, 3.63) is 24.0 Å². The van der Waals surface area contributed by atoms with Crippen LogP contribution in [0.1, 0.15) is 25.5 Å². The van der Waals surface area contributed by atoms with Crippen LogP contribution in [0.5, 0.6) is 0 Å². The number of nitrogens with zero attached hydrogens (tertiary/aromatic N) is 1. The maximum Gasteiger partial charge on any atom is 0.253 e. The van der Waals surface area contributed by atoms with Crippen LogP contribution in [0.25, 0.3) is 0 Å². The third-order valence-corrected chi connectivity index (χ3v) is 2.77. The monoisotopic (exact) mass is 236 g/mol. The lowest BCUT2D eigenvalue weighted by molar-refractivity contribution is -0.126. The van der Waals surface area contributed by atoms with E-state index in [2.05, 4.69) is 10.3 Å². The second-order valence-corrected chi connectivity index (χ2v) is 4.20. The fourth-order valence-electron chi connectivity index (χ4n) is 1.86. The molecule has 0 aromatic carbocycles. The van der Waals surface area contributed by atoms with Gasteiger partial charge >= 0.3 is 0 Å². The fraction of sp³-hybridized carbons (Fsp3) is 0.500. The van der Waals surface area contributed by atoms with E-state index in [-0.39, 0.29) is 24.7 Å². The highest BCUT2D eigenvalue weighted by Gasteiger charge is 2.28. The molecule has 1 unspecified atom stereocenters. The molecule has 1 aliphatic rings. The van der Waals surface area contributed by atoms with Crippen LogP contribution in [-0.2, 0) is 16.1 Å². The number of aliphatic hydroxyl groups excluding tert-OH is 1. The van der Waals surface area contributed by atoms with Crippen LogP contribution >= 0.6 is 0 Å². The topological polar surface area (TPSA) is 71.5 Å². The molecule has 0 spiro atoms. The minimum Gasteiger partial charge on any atom is -0.390 e. The second-order valence-electron chi connectivity index (χ2n) is 4.20. The number of rotatable bonds is 3. The number of ether oxygens (including phenoxy) is 1. The Labute approximate surface area is 99.8 Å². The first kappa shape index (κ1) is 12.0. The predicted molar refractivity (Wildman–Crippen MR) is 62.4 cm³/mol. The Morgan fingerprint density at radius 2 is 2.47 bits per heavy atom. The van der Waals surface area contributed by atoms with E-state index < -0.39 is 0 Å². The summed E-state index contributed by atoms with van der Waals surface area (Å²) < 4.78 is 5.47. The minimum atomic E-state index is -0.365. The molecule has 1 fully saturated rings. The Morgan fingerprint density at radius 1 is 1.65 bits per heavy atom. The molecule has 0 saturated carbocycles. The molecule has 0 radical (unpaired) electrons. The zero-order valence-electron chi connectivity index (χ0n) is 9.72. The lowest BCUT2D eigenvalue weighted by Gasteiger charge is -2.11. The van der Waals surface area contributed by atoms with Gasteiger partial charge in [-0.1, -0.05) is 0 Å². The van der Waals surface area contributed by atoms with Crippen LogP contribution in [0.15, 0.2) is 18.3 Å². The summed E-state index contributed by atoms with van der Waals surface area (Å²) in [5.74, 6) is -0.135. The summed E-state index contributed by atoms with van der Waals surface area (Å²) >= 11 is 0. The van der Waals surface area contributed by atoms with E-state index in [4.69, 9.17) is 9.84 Å². The van der Waals surface area contributed by atoms with Crippen molar-refractivity contribution in [1.82, 2.24) is 4.98 Å². The van der Waals surface area contributed by atoms with Gasteiger partial charge in [-0.15, -0.1) is 0 Å². The number of aromatic nitrogens is 1. The fourth-order valence-corrected chi connectivity index (χ4v) is 1.86. The van der Waals surface area contributed by atoms with Crippen molar-refractivity contribution in [2.45, 2.75) is 38.6 Å². The summed E-state index contributed by atoms with van der Waals surface area (Å²) in [5, 5.41) is 11.7. The average Bonchev–Trinajstić information content (AvgIpc) is 2.76. The zero-order valence-corrected chi connectivity index (χ0v) is 9.72. The van der Waals surface area contributed by atoms with E-state index >= 15 is 0 Å². The number of hydrogen-bond donors (Lipinski definition) is 2. The van der Waals surface area contributed by atoms with E-state index in [0.29, 0.717) is 11.4 Å². The van der Waals surface area contributed by atoms with Gasteiger partial charge in [0.05, 0.1) is 18.4 Å². The van der Waals surface area contributed by atoms with Gasteiger partial charge in [0.25, 0.3) is 5.91 Å². The highest BCUT2D eigenvalue weighted by Crippen LogP contribution is 2.20. The van der Waals surface area contributed by atoms with Gasteiger partial charge in [-0.05, 0) is 31.9 Å². The molecule has 2 N–H and O–H groups in total. The molecule has 1 saturated heterocycles. The number of hydrogen-bond acceptors (Lipinski definition) is 4. The number of aliphatic hydroxyl groups is 1. The van der Waals surface area contributed by atoms with E-state index in [1.807, 2.05) is 6.92 Å². The van der Waals surface area contributed by atoms with Crippen LogP contribution < -0.4 is 5.32 Å². The van der Waals surface area contributed by atoms with Crippen LogP contribution in [0.3, 0.4) is 0 Å². The Morgan fingerprint density at radius 3 is 3.12 bits per heavy atom. The van der Waals surface area contributed by atoms with Gasteiger partial charge < -0.3 is 15.2 Å². The van der Waals surface area contributed by atoms with Gasteiger partial charge in [0.15, 0.2) is 0 Å². The number of anilines is 1. The summed E-state index contributed by atoms with van der Waals surface area (Å²) in [7, 11) is 0. The Kier molecular flexibility index (Phi) is 3.71. The SMILES string of the molecule is C[C@@H]1CCC(C(=O)Nc2ccnc(CO)c2)O1. The molecule has 5 heteroatoms. The molecule has 2 atom stereocenters. The quantitative estimate of drug-likeness (QED) is 0.823. The summed E-state index contributed by atoms with van der Waals surface area (Å²) in [6, 6.07) is 3.34. The highest BCUT2D eigenvalue weighted by atomic mass is 16.5. The van der Waals surface area contributed by atoms with E-state index in [9.17, 15) is 4.79 Å². The standard InChI is InChI=1S/C12H16N2O3/c1-8-2-3-11(17-8)12(16)14-9-4-5-13-10(6-9)7-15/h4-6,8,11,15H,2-3,7H2,1H3,(H,13,14,16)/t8-,11?/m1/s1. The maximum atomic E-state index is 11.8. The number of amides is 1. The first-order valence-electron chi connectivity index (χ1n) is 5.71. The maximum absolute atomic E-state index is 11.8. The third-order valence-electron chi connectivity index (χ3n) is 2.77. The van der Waals surface area contributed by atoms with Crippen molar-refractivity contribution in [3.63, 3.8) is 0 Å². The van der Waals surface area contributed by atoms with E-state index in [1.54, 1.807) is 18.3 Å². The predicted octanol–water partition coefficient (Wildman–Crippen LogP) is 1.08. The second kappa shape index (κ2) is 5.25. The van der Waals surface area contributed by atoms with Crippen LogP contribution in [0, 0.1) is 0 Å². The van der Waals surface area contributed by atoms with Gasteiger partial charge in [0.2, 0.25) is 0 Å². The molecule has 0 aliphatic carbocycles.